The SMILES string of the molecule is CC[C@H](Oc1cccc(OC)c1)C(=O)N(CC)Cc1nc(-c2cccs2)no1. The highest BCUT2D eigenvalue weighted by Crippen LogP contribution is 2.23. The van der Waals surface area contributed by atoms with Crippen molar-refractivity contribution in [1.82, 2.24) is 15.0 Å². The van der Waals surface area contributed by atoms with Crippen LogP contribution in [0.25, 0.3) is 10.7 Å². The summed E-state index contributed by atoms with van der Waals surface area (Å²) in [4.78, 5) is 20.0. The van der Waals surface area contributed by atoms with Crippen LogP contribution in [0, 0.1) is 0 Å². The molecular weight excluding hydrogens is 378 g/mol. The molecule has 0 radical (unpaired) electrons. The second-order valence-corrected chi connectivity index (χ2v) is 6.98. The molecule has 0 saturated heterocycles. The second-order valence-electron chi connectivity index (χ2n) is 6.04. The number of ether oxygens (including phenoxy) is 2. The molecule has 0 unspecified atom stereocenters. The highest BCUT2D eigenvalue weighted by atomic mass is 32.1. The Morgan fingerprint density at radius 2 is 2.07 bits per heavy atom. The van der Waals surface area contributed by atoms with Gasteiger partial charge in [0.25, 0.3) is 5.91 Å². The summed E-state index contributed by atoms with van der Waals surface area (Å²) in [5.41, 5.74) is 0. The van der Waals surface area contributed by atoms with Gasteiger partial charge < -0.3 is 18.9 Å². The molecule has 0 spiro atoms. The van der Waals surface area contributed by atoms with Crippen molar-refractivity contribution in [2.24, 2.45) is 0 Å². The molecule has 0 aliphatic rings. The quantitative estimate of drug-likeness (QED) is 0.539. The molecule has 0 bridgehead atoms. The number of amides is 1. The van der Waals surface area contributed by atoms with E-state index in [4.69, 9.17) is 14.0 Å². The normalized spacial score (nSPS) is 11.8. The highest BCUT2D eigenvalue weighted by molar-refractivity contribution is 7.13. The molecule has 3 aromatic rings. The summed E-state index contributed by atoms with van der Waals surface area (Å²) in [7, 11) is 1.59. The predicted molar refractivity (Wildman–Crippen MR) is 106 cm³/mol. The fraction of sp³-hybridized carbons (Fsp3) is 0.350. The molecule has 3 rings (SSSR count). The Kier molecular flexibility index (Phi) is 6.65. The van der Waals surface area contributed by atoms with E-state index in [0.29, 0.717) is 36.2 Å². The third kappa shape index (κ3) is 4.69. The first kappa shape index (κ1) is 19.9. The predicted octanol–water partition coefficient (Wildman–Crippen LogP) is 4.01. The maximum absolute atomic E-state index is 13.0. The molecule has 1 atom stereocenters. The average molecular weight is 401 g/mol. The maximum Gasteiger partial charge on any atom is 0.264 e. The van der Waals surface area contributed by atoms with Gasteiger partial charge in [0.2, 0.25) is 11.7 Å². The Morgan fingerprint density at radius 1 is 1.25 bits per heavy atom. The van der Waals surface area contributed by atoms with Crippen molar-refractivity contribution in [1.29, 1.82) is 0 Å². The number of aromatic nitrogens is 2. The van der Waals surface area contributed by atoms with Gasteiger partial charge in [0.1, 0.15) is 18.0 Å². The van der Waals surface area contributed by atoms with E-state index in [1.807, 2.05) is 43.5 Å². The molecular formula is C20H23N3O4S. The van der Waals surface area contributed by atoms with Crippen LogP contribution in [0.1, 0.15) is 26.2 Å². The molecule has 28 heavy (non-hydrogen) atoms. The van der Waals surface area contributed by atoms with Crippen LogP contribution >= 0.6 is 11.3 Å². The van der Waals surface area contributed by atoms with Gasteiger partial charge in [-0.3, -0.25) is 4.79 Å². The fourth-order valence-corrected chi connectivity index (χ4v) is 3.33. The Hall–Kier alpha value is -2.87. The van der Waals surface area contributed by atoms with Crippen molar-refractivity contribution >= 4 is 17.2 Å². The third-order valence-electron chi connectivity index (χ3n) is 4.19. The van der Waals surface area contributed by atoms with E-state index in [2.05, 4.69) is 10.1 Å². The zero-order chi connectivity index (χ0) is 19.9. The first-order chi connectivity index (χ1) is 13.6. The first-order valence-electron chi connectivity index (χ1n) is 9.10. The summed E-state index contributed by atoms with van der Waals surface area (Å²) >= 11 is 1.54. The first-order valence-corrected chi connectivity index (χ1v) is 9.98. The monoisotopic (exact) mass is 401 g/mol. The summed E-state index contributed by atoms with van der Waals surface area (Å²) in [6, 6.07) is 11.1. The van der Waals surface area contributed by atoms with Crippen LogP contribution in [-0.4, -0.2) is 40.7 Å². The van der Waals surface area contributed by atoms with Crippen LogP contribution in [0.2, 0.25) is 0 Å². The zero-order valence-corrected chi connectivity index (χ0v) is 16.9. The number of likely N-dealkylation sites (N-methyl/N-ethyl adjacent to an activating group) is 1. The van der Waals surface area contributed by atoms with Crippen LogP contribution in [0.5, 0.6) is 11.5 Å². The van der Waals surface area contributed by atoms with E-state index >= 15 is 0 Å². The minimum absolute atomic E-state index is 0.122. The van der Waals surface area contributed by atoms with Gasteiger partial charge in [0.15, 0.2) is 6.10 Å². The third-order valence-corrected chi connectivity index (χ3v) is 5.06. The Morgan fingerprint density at radius 3 is 2.75 bits per heavy atom. The summed E-state index contributed by atoms with van der Waals surface area (Å²) in [6.45, 7) is 4.57. The van der Waals surface area contributed by atoms with Crippen LogP contribution in [0.4, 0.5) is 0 Å². The molecule has 2 aromatic heterocycles. The molecule has 0 fully saturated rings. The topological polar surface area (TPSA) is 77.7 Å². The van der Waals surface area contributed by atoms with E-state index in [1.165, 1.54) is 11.3 Å². The molecule has 0 aliphatic heterocycles. The van der Waals surface area contributed by atoms with Gasteiger partial charge in [-0.15, -0.1) is 11.3 Å². The van der Waals surface area contributed by atoms with Crippen molar-refractivity contribution in [3.05, 3.63) is 47.7 Å². The molecule has 148 valence electrons. The zero-order valence-electron chi connectivity index (χ0n) is 16.1. The number of nitrogens with zero attached hydrogens (tertiary/aromatic N) is 3. The lowest BCUT2D eigenvalue weighted by molar-refractivity contribution is -0.139. The lowest BCUT2D eigenvalue weighted by Gasteiger charge is -2.25. The molecule has 0 N–H and O–H groups in total. The number of thiophene rings is 1. The van der Waals surface area contributed by atoms with Crippen molar-refractivity contribution in [2.45, 2.75) is 32.9 Å². The van der Waals surface area contributed by atoms with Crippen molar-refractivity contribution in [2.75, 3.05) is 13.7 Å². The number of carbonyl (C=O) groups excluding carboxylic acids is 1. The van der Waals surface area contributed by atoms with Gasteiger partial charge in [-0.05, 0) is 36.9 Å². The number of rotatable bonds is 9. The summed E-state index contributed by atoms with van der Waals surface area (Å²) in [5.74, 6) is 2.08. The van der Waals surface area contributed by atoms with Crippen LogP contribution < -0.4 is 9.47 Å². The highest BCUT2D eigenvalue weighted by Gasteiger charge is 2.25. The van der Waals surface area contributed by atoms with Crippen molar-refractivity contribution in [3.63, 3.8) is 0 Å². The number of hydrogen-bond donors (Lipinski definition) is 0. The number of benzene rings is 1. The smallest absolute Gasteiger partial charge is 0.264 e. The molecule has 2 heterocycles. The van der Waals surface area contributed by atoms with Crippen LogP contribution in [-0.2, 0) is 11.3 Å². The molecule has 8 heteroatoms. The molecule has 1 aromatic carbocycles. The van der Waals surface area contributed by atoms with E-state index in [0.717, 1.165) is 4.88 Å². The van der Waals surface area contributed by atoms with E-state index in [9.17, 15) is 4.79 Å². The van der Waals surface area contributed by atoms with E-state index in [1.54, 1.807) is 24.1 Å². The van der Waals surface area contributed by atoms with Crippen LogP contribution in [0.3, 0.4) is 0 Å². The van der Waals surface area contributed by atoms with Gasteiger partial charge in [-0.1, -0.05) is 24.2 Å². The summed E-state index contributed by atoms with van der Waals surface area (Å²) < 4.78 is 16.5. The van der Waals surface area contributed by atoms with E-state index in [-0.39, 0.29) is 12.5 Å². The van der Waals surface area contributed by atoms with Gasteiger partial charge >= 0.3 is 0 Å². The van der Waals surface area contributed by atoms with Crippen LogP contribution in [0.15, 0.2) is 46.3 Å². The minimum Gasteiger partial charge on any atom is -0.497 e. The molecule has 0 saturated carbocycles. The van der Waals surface area contributed by atoms with Crippen molar-refractivity contribution in [3.8, 4) is 22.2 Å². The fourth-order valence-electron chi connectivity index (χ4n) is 2.68. The number of hydrogen-bond acceptors (Lipinski definition) is 7. The summed E-state index contributed by atoms with van der Waals surface area (Å²) in [6.07, 6.45) is -0.0664. The van der Waals surface area contributed by atoms with Gasteiger partial charge in [-0.25, -0.2) is 0 Å². The second kappa shape index (κ2) is 9.36. The van der Waals surface area contributed by atoms with Gasteiger partial charge in [0, 0.05) is 12.6 Å². The Bertz CT molecular complexity index is 895. The van der Waals surface area contributed by atoms with Crippen molar-refractivity contribution < 1.29 is 18.8 Å². The summed E-state index contributed by atoms with van der Waals surface area (Å²) in [5, 5.41) is 5.95. The standard InChI is InChI=1S/C20H23N3O4S/c1-4-16(26-15-9-6-8-14(12-15)25-3)20(24)23(5-2)13-18-21-19(22-27-18)17-10-7-11-28-17/h6-12,16H,4-5,13H2,1-3H3/t16-/m0/s1. The Labute approximate surface area is 167 Å². The van der Waals surface area contributed by atoms with E-state index < -0.39 is 6.10 Å². The minimum atomic E-state index is -0.605. The average Bonchev–Trinajstić information content (AvgIpc) is 3.41. The Balaban J connectivity index is 1.68. The lowest BCUT2D eigenvalue weighted by Crippen LogP contribution is -2.41. The van der Waals surface area contributed by atoms with Gasteiger partial charge in [0.05, 0.1) is 12.0 Å². The van der Waals surface area contributed by atoms with Gasteiger partial charge in [-0.2, -0.15) is 4.98 Å². The largest absolute Gasteiger partial charge is 0.497 e. The maximum atomic E-state index is 13.0. The lowest BCUT2D eigenvalue weighted by atomic mass is 10.2. The molecule has 7 nitrogen and oxygen atoms in total. The number of methoxy groups -OCH3 is 1. The number of carbonyl (C=O) groups is 1. The molecule has 0 aliphatic carbocycles. The molecule has 1 amide bonds.